The van der Waals surface area contributed by atoms with E-state index in [-0.39, 0.29) is 0 Å². The van der Waals surface area contributed by atoms with E-state index >= 15 is 0 Å². The van der Waals surface area contributed by atoms with Crippen LogP contribution in [0.15, 0.2) is 29.4 Å². The molecule has 158 valence electrons. The Bertz CT molecular complexity index is 837. The molecule has 7 nitrogen and oxygen atoms in total. The Hall–Kier alpha value is -2.80. The van der Waals surface area contributed by atoms with Crippen molar-refractivity contribution >= 4 is 5.96 Å². The van der Waals surface area contributed by atoms with Crippen molar-refractivity contribution in [2.24, 2.45) is 4.99 Å². The van der Waals surface area contributed by atoms with Gasteiger partial charge < -0.3 is 24.8 Å². The van der Waals surface area contributed by atoms with Gasteiger partial charge in [-0.1, -0.05) is 12.1 Å². The first-order valence-electron chi connectivity index (χ1n) is 9.65. The quantitative estimate of drug-likeness (QED) is 0.383. The Balaban J connectivity index is 2.00. The van der Waals surface area contributed by atoms with Crippen molar-refractivity contribution in [3.05, 3.63) is 52.3 Å². The highest BCUT2D eigenvalue weighted by molar-refractivity contribution is 5.79. The molecule has 0 fully saturated rings. The summed E-state index contributed by atoms with van der Waals surface area (Å²) in [5, 5.41) is 6.65. The van der Waals surface area contributed by atoms with E-state index in [1.54, 1.807) is 21.3 Å². The standard InChI is InChI=1S/C22H32N4O3/c1-15-7-8-18(20(11-15)29-10-9-27-5)13-25-22(23-4)26-14-19-17(3)21(28-6)16(2)12-24-19/h7-8,11-12H,9-10,13-14H2,1-6H3,(H2,23,25,26). The monoisotopic (exact) mass is 400 g/mol. The third-order valence-corrected chi connectivity index (χ3v) is 4.61. The molecular weight excluding hydrogens is 368 g/mol. The molecule has 2 rings (SSSR count). The van der Waals surface area contributed by atoms with Crippen molar-refractivity contribution in [3.63, 3.8) is 0 Å². The van der Waals surface area contributed by atoms with Crippen LogP contribution < -0.4 is 20.1 Å². The van der Waals surface area contributed by atoms with E-state index in [9.17, 15) is 0 Å². The highest BCUT2D eigenvalue weighted by Gasteiger charge is 2.10. The van der Waals surface area contributed by atoms with Crippen LogP contribution in [0.1, 0.15) is 27.9 Å². The molecule has 0 aliphatic rings. The van der Waals surface area contributed by atoms with E-state index in [1.165, 1.54) is 0 Å². The van der Waals surface area contributed by atoms with Gasteiger partial charge in [-0.15, -0.1) is 0 Å². The number of nitrogens with zero attached hydrogens (tertiary/aromatic N) is 2. The molecule has 2 N–H and O–H groups in total. The van der Waals surface area contributed by atoms with Crippen molar-refractivity contribution in [1.29, 1.82) is 0 Å². The van der Waals surface area contributed by atoms with E-state index in [2.05, 4.69) is 32.7 Å². The number of hydrogen-bond donors (Lipinski definition) is 2. The molecule has 0 atom stereocenters. The fourth-order valence-electron chi connectivity index (χ4n) is 2.99. The average molecular weight is 401 g/mol. The highest BCUT2D eigenvalue weighted by Crippen LogP contribution is 2.24. The van der Waals surface area contributed by atoms with E-state index < -0.39 is 0 Å². The van der Waals surface area contributed by atoms with Crippen LogP contribution in [0, 0.1) is 20.8 Å². The molecule has 1 heterocycles. The second-order valence-corrected chi connectivity index (χ2v) is 6.78. The summed E-state index contributed by atoms with van der Waals surface area (Å²) < 4.78 is 16.4. The fourth-order valence-corrected chi connectivity index (χ4v) is 2.99. The smallest absolute Gasteiger partial charge is 0.191 e. The minimum atomic E-state index is 0.514. The number of aliphatic imine (C=N–C) groups is 1. The molecule has 7 heteroatoms. The van der Waals surface area contributed by atoms with Crippen molar-refractivity contribution < 1.29 is 14.2 Å². The van der Waals surface area contributed by atoms with Gasteiger partial charge >= 0.3 is 0 Å². The van der Waals surface area contributed by atoms with E-state index in [1.807, 2.05) is 33.0 Å². The first-order chi connectivity index (χ1) is 14.0. The zero-order valence-electron chi connectivity index (χ0n) is 18.3. The third-order valence-electron chi connectivity index (χ3n) is 4.61. The molecule has 0 amide bonds. The van der Waals surface area contributed by atoms with Crippen LogP contribution in [0.3, 0.4) is 0 Å². The first kappa shape index (κ1) is 22.5. The Kier molecular flexibility index (Phi) is 8.73. The lowest BCUT2D eigenvalue weighted by Crippen LogP contribution is -2.36. The fraction of sp³-hybridized carbons (Fsp3) is 0.455. The lowest BCUT2D eigenvalue weighted by atomic mass is 10.1. The van der Waals surface area contributed by atoms with Crippen LogP contribution >= 0.6 is 0 Å². The molecule has 0 unspecified atom stereocenters. The normalized spacial score (nSPS) is 11.3. The maximum Gasteiger partial charge on any atom is 0.191 e. The summed E-state index contributed by atoms with van der Waals surface area (Å²) in [7, 11) is 5.09. The summed E-state index contributed by atoms with van der Waals surface area (Å²) in [4.78, 5) is 8.82. The molecule has 0 spiro atoms. The topological polar surface area (TPSA) is 77.0 Å². The Labute approximate surface area is 173 Å². The van der Waals surface area contributed by atoms with Crippen molar-refractivity contribution in [3.8, 4) is 11.5 Å². The number of ether oxygens (including phenoxy) is 3. The zero-order valence-corrected chi connectivity index (χ0v) is 18.3. The maximum absolute atomic E-state index is 5.86. The van der Waals surface area contributed by atoms with Crippen LogP contribution in [0.5, 0.6) is 11.5 Å². The molecule has 0 saturated heterocycles. The summed E-state index contributed by atoms with van der Waals surface area (Å²) in [6.45, 7) is 8.26. The second-order valence-electron chi connectivity index (χ2n) is 6.78. The van der Waals surface area contributed by atoms with Gasteiger partial charge in [-0.3, -0.25) is 9.98 Å². The van der Waals surface area contributed by atoms with Gasteiger partial charge in [0.15, 0.2) is 5.96 Å². The summed E-state index contributed by atoms with van der Waals surface area (Å²) in [6.07, 6.45) is 1.83. The van der Waals surface area contributed by atoms with Gasteiger partial charge in [-0.05, 0) is 32.4 Å². The maximum atomic E-state index is 5.86. The van der Waals surface area contributed by atoms with Gasteiger partial charge in [0.2, 0.25) is 0 Å². The summed E-state index contributed by atoms with van der Waals surface area (Å²) >= 11 is 0. The summed E-state index contributed by atoms with van der Waals surface area (Å²) in [5.74, 6) is 2.41. The number of methoxy groups -OCH3 is 2. The molecular formula is C22H32N4O3. The van der Waals surface area contributed by atoms with Crippen LogP contribution in [0.4, 0.5) is 0 Å². The van der Waals surface area contributed by atoms with Crippen LogP contribution in [-0.2, 0) is 17.8 Å². The van der Waals surface area contributed by atoms with Gasteiger partial charge in [-0.25, -0.2) is 0 Å². The molecule has 0 aliphatic heterocycles. The predicted molar refractivity (Wildman–Crippen MR) is 116 cm³/mol. The van der Waals surface area contributed by atoms with E-state index in [0.717, 1.165) is 39.4 Å². The van der Waals surface area contributed by atoms with Crippen LogP contribution in [0.25, 0.3) is 0 Å². The molecule has 29 heavy (non-hydrogen) atoms. The van der Waals surface area contributed by atoms with Gasteiger partial charge in [-0.2, -0.15) is 0 Å². The highest BCUT2D eigenvalue weighted by atomic mass is 16.5. The minimum absolute atomic E-state index is 0.514. The number of hydrogen-bond acceptors (Lipinski definition) is 5. The van der Waals surface area contributed by atoms with Gasteiger partial charge in [0.25, 0.3) is 0 Å². The average Bonchev–Trinajstić information content (AvgIpc) is 2.71. The molecule has 0 radical (unpaired) electrons. The van der Waals surface area contributed by atoms with Gasteiger partial charge in [0, 0.05) is 43.6 Å². The molecule has 0 aliphatic carbocycles. The predicted octanol–water partition coefficient (Wildman–Crippen LogP) is 2.91. The molecule has 0 saturated carbocycles. The van der Waals surface area contributed by atoms with Crippen molar-refractivity contribution in [2.75, 3.05) is 34.5 Å². The molecule has 1 aromatic heterocycles. The number of aromatic nitrogens is 1. The number of benzene rings is 1. The Morgan fingerprint density at radius 1 is 1.07 bits per heavy atom. The van der Waals surface area contributed by atoms with Gasteiger partial charge in [0.05, 0.1) is 26.0 Å². The molecule has 2 aromatic rings. The first-order valence-corrected chi connectivity index (χ1v) is 9.65. The minimum Gasteiger partial charge on any atom is -0.496 e. The number of rotatable bonds is 9. The Morgan fingerprint density at radius 3 is 2.52 bits per heavy atom. The largest absolute Gasteiger partial charge is 0.496 e. The van der Waals surface area contributed by atoms with Crippen molar-refractivity contribution in [1.82, 2.24) is 15.6 Å². The zero-order chi connectivity index (χ0) is 21.2. The summed E-state index contributed by atoms with van der Waals surface area (Å²) in [5.41, 5.74) is 5.19. The molecule has 1 aromatic carbocycles. The second kappa shape index (κ2) is 11.3. The number of pyridine rings is 1. The lowest BCUT2D eigenvalue weighted by Gasteiger charge is -2.16. The Morgan fingerprint density at radius 2 is 1.83 bits per heavy atom. The SMILES string of the molecule is CN=C(NCc1ccc(C)cc1OCCOC)NCc1ncc(C)c(OC)c1C. The lowest BCUT2D eigenvalue weighted by molar-refractivity contribution is 0.145. The number of nitrogens with one attached hydrogen (secondary N) is 2. The number of guanidine groups is 1. The molecule has 0 bridgehead atoms. The van der Waals surface area contributed by atoms with E-state index in [4.69, 9.17) is 14.2 Å². The number of aryl methyl sites for hydroxylation is 2. The summed E-state index contributed by atoms with van der Waals surface area (Å²) in [6, 6.07) is 6.17. The van der Waals surface area contributed by atoms with Crippen LogP contribution in [0.2, 0.25) is 0 Å². The van der Waals surface area contributed by atoms with Crippen molar-refractivity contribution in [2.45, 2.75) is 33.9 Å². The third kappa shape index (κ3) is 6.35. The van der Waals surface area contributed by atoms with Gasteiger partial charge in [0.1, 0.15) is 18.1 Å². The van der Waals surface area contributed by atoms with Crippen LogP contribution in [-0.4, -0.2) is 45.4 Å². The van der Waals surface area contributed by atoms with E-state index in [0.29, 0.717) is 32.3 Å².